The van der Waals surface area contributed by atoms with Gasteiger partial charge < -0.3 is 11.5 Å². The molecule has 164 valence electrons. The van der Waals surface area contributed by atoms with E-state index in [1.165, 1.54) is 9.80 Å². The van der Waals surface area contributed by atoms with Crippen LogP contribution in [0.3, 0.4) is 0 Å². The van der Waals surface area contributed by atoms with Gasteiger partial charge in [0.05, 0.1) is 11.4 Å². The van der Waals surface area contributed by atoms with Crippen LogP contribution in [-0.4, -0.2) is 44.8 Å². The van der Waals surface area contributed by atoms with Gasteiger partial charge in [-0.25, -0.2) is 19.8 Å². The highest BCUT2D eigenvalue weighted by atomic mass is 15.3. The summed E-state index contributed by atoms with van der Waals surface area (Å²) in [5.74, 6) is 1.01. The van der Waals surface area contributed by atoms with Crippen LogP contribution in [0.1, 0.15) is 25.7 Å². The van der Waals surface area contributed by atoms with Gasteiger partial charge in [-0.1, -0.05) is 0 Å². The van der Waals surface area contributed by atoms with Gasteiger partial charge in [0.15, 0.2) is 12.4 Å². The molecule has 10 heteroatoms. The van der Waals surface area contributed by atoms with Gasteiger partial charge in [0, 0.05) is 37.9 Å². The van der Waals surface area contributed by atoms with Gasteiger partial charge >= 0.3 is 0 Å². The average molecular weight is 431 g/mol. The van der Waals surface area contributed by atoms with E-state index < -0.39 is 0 Å². The maximum absolute atomic E-state index is 9.52. The van der Waals surface area contributed by atoms with Gasteiger partial charge in [-0.15, -0.1) is 0 Å². The largest absolute Gasteiger partial charge is 0.369 e. The van der Waals surface area contributed by atoms with Crippen molar-refractivity contribution >= 4 is 23.3 Å². The molecule has 1 saturated carbocycles. The molecule has 2 aromatic heterocycles. The topological polar surface area (TPSA) is 157 Å². The summed E-state index contributed by atoms with van der Waals surface area (Å²) in [6, 6.07) is 6.94. The van der Waals surface area contributed by atoms with Crippen molar-refractivity contribution in [3.05, 3.63) is 49.1 Å². The van der Waals surface area contributed by atoms with Crippen LogP contribution in [0.4, 0.5) is 11.4 Å². The number of aromatic nitrogens is 2. The quantitative estimate of drug-likeness (QED) is 0.306. The lowest BCUT2D eigenvalue weighted by atomic mass is 9.81. The molecule has 32 heavy (non-hydrogen) atoms. The van der Waals surface area contributed by atoms with E-state index in [0.29, 0.717) is 36.3 Å². The molecule has 0 spiro atoms. The van der Waals surface area contributed by atoms with E-state index in [0.717, 1.165) is 25.7 Å². The van der Waals surface area contributed by atoms with Crippen molar-refractivity contribution in [2.75, 3.05) is 13.1 Å². The summed E-state index contributed by atoms with van der Waals surface area (Å²) in [5, 5.41) is 19.0. The van der Waals surface area contributed by atoms with Crippen LogP contribution >= 0.6 is 0 Å². The van der Waals surface area contributed by atoms with E-state index in [1.54, 1.807) is 49.1 Å². The maximum Gasteiger partial charge on any atom is 0.209 e. The lowest BCUT2D eigenvalue weighted by molar-refractivity contribution is 0.232. The summed E-state index contributed by atoms with van der Waals surface area (Å²) < 4.78 is 0. The number of hydrogen-bond donors (Lipinski definition) is 2. The molecule has 1 aliphatic rings. The van der Waals surface area contributed by atoms with Gasteiger partial charge in [-0.05, 0) is 61.8 Å². The molecule has 0 bridgehead atoms. The Hall–Kier alpha value is -4.18. The molecule has 3 rings (SSSR count). The van der Waals surface area contributed by atoms with Gasteiger partial charge in [-0.2, -0.15) is 10.5 Å². The monoisotopic (exact) mass is 430 g/mol. The first-order chi connectivity index (χ1) is 15.6. The van der Waals surface area contributed by atoms with Crippen molar-refractivity contribution in [3.63, 3.8) is 0 Å². The van der Waals surface area contributed by atoms with Gasteiger partial charge in [-0.3, -0.25) is 9.97 Å². The van der Waals surface area contributed by atoms with Crippen molar-refractivity contribution in [1.82, 2.24) is 19.8 Å². The van der Waals surface area contributed by atoms with E-state index in [4.69, 9.17) is 11.5 Å². The van der Waals surface area contributed by atoms with E-state index in [9.17, 15) is 10.5 Å². The van der Waals surface area contributed by atoms with Gasteiger partial charge in [0.2, 0.25) is 11.9 Å². The molecule has 0 radical (unpaired) electrons. The van der Waals surface area contributed by atoms with Gasteiger partial charge in [0.25, 0.3) is 0 Å². The Labute approximate surface area is 187 Å². The van der Waals surface area contributed by atoms with E-state index in [2.05, 4.69) is 32.3 Å². The molecule has 0 aliphatic heterocycles. The smallest absolute Gasteiger partial charge is 0.209 e. The molecule has 0 saturated heterocycles. The van der Waals surface area contributed by atoms with Crippen LogP contribution in [0, 0.1) is 34.7 Å². The molecule has 4 N–H and O–H groups in total. The first-order valence-corrected chi connectivity index (χ1v) is 10.4. The zero-order valence-corrected chi connectivity index (χ0v) is 17.7. The van der Waals surface area contributed by atoms with E-state index in [-0.39, 0.29) is 11.9 Å². The molecule has 10 nitrogen and oxygen atoms in total. The Kier molecular flexibility index (Phi) is 7.93. The average Bonchev–Trinajstić information content (AvgIpc) is 2.83. The SMILES string of the molecule is N#CN(CC1CCC(CN(C#N)C(N)=Nc2ccncc2)CC1)C(N)=Nc1ccncc1. The third kappa shape index (κ3) is 6.41. The fraction of sp³-hybridized carbons (Fsp3) is 0.364. The zero-order valence-electron chi connectivity index (χ0n) is 17.7. The number of aliphatic imine (C=N–C) groups is 2. The molecular weight excluding hydrogens is 404 g/mol. The fourth-order valence-electron chi connectivity index (χ4n) is 3.71. The minimum absolute atomic E-state index is 0.177. The Balaban J connectivity index is 1.52. The normalized spacial score (nSPS) is 18.9. The maximum atomic E-state index is 9.52. The van der Waals surface area contributed by atoms with Crippen LogP contribution in [0.15, 0.2) is 59.0 Å². The number of guanidine groups is 2. The number of rotatable bonds is 6. The molecule has 2 aromatic rings. The molecule has 1 aliphatic carbocycles. The number of pyridine rings is 2. The fourth-order valence-corrected chi connectivity index (χ4v) is 3.71. The van der Waals surface area contributed by atoms with Crippen molar-refractivity contribution < 1.29 is 0 Å². The number of nitrogens with zero attached hydrogens (tertiary/aromatic N) is 8. The van der Waals surface area contributed by atoms with E-state index >= 15 is 0 Å². The lowest BCUT2D eigenvalue weighted by Gasteiger charge is -2.31. The van der Waals surface area contributed by atoms with Crippen molar-refractivity contribution in [3.8, 4) is 12.4 Å². The molecular formula is C22H26N10. The Morgan fingerprint density at radius 1 is 0.781 bits per heavy atom. The lowest BCUT2D eigenvalue weighted by Crippen LogP contribution is -2.40. The van der Waals surface area contributed by atoms with Crippen LogP contribution in [0.5, 0.6) is 0 Å². The molecule has 1 fully saturated rings. The summed E-state index contributed by atoms with van der Waals surface area (Å²) in [5.41, 5.74) is 13.4. The second kappa shape index (κ2) is 11.3. The predicted octanol–water partition coefficient (Wildman–Crippen LogP) is 2.44. The van der Waals surface area contributed by atoms with E-state index in [1.807, 2.05) is 0 Å². The minimum atomic E-state index is 0.177. The molecule has 2 heterocycles. The summed E-state index contributed by atoms with van der Waals surface area (Å²) in [6.07, 6.45) is 14.5. The van der Waals surface area contributed by atoms with Crippen LogP contribution in [0.2, 0.25) is 0 Å². The number of hydrogen-bond acceptors (Lipinski definition) is 6. The van der Waals surface area contributed by atoms with Crippen molar-refractivity contribution in [2.45, 2.75) is 25.7 Å². The highest BCUT2D eigenvalue weighted by Gasteiger charge is 2.26. The highest BCUT2D eigenvalue weighted by molar-refractivity contribution is 5.82. The first-order valence-electron chi connectivity index (χ1n) is 10.4. The van der Waals surface area contributed by atoms with Crippen LogP contribution in [0.25, 0.3) is 0 Å². The highest BCUT2D eigenvalue weighted by Crippen LogP contribution is 2.30. The molecule has 0 aromatic carbocycles. The Bertz CT molecular complexity index is 915. The summed E-state index contributed by atoms with van der Waals surface area (Å²) in [4.78, 5) is 19.4. The van der Waals surface area contributed by atoms with Crippen molar-refractivity contribution in [1.29, 1.82) is 10.5 Å². The number of nitriles is 2. The molecule has 0 atom stereocenters. The minimum Gasteiger partial charge on any atom is -0.369 e. The van der Waals surface area contributed by atoms with Gasteiger partial charge in [0.1, 0.15) is 0 Å². The zero-order chi connectivity index (χ0) is 22.8. The Morgan fingerprint density at radius 3 is 1.44 bits per heavy atom. The molecule has 0 unspecified atom stereocenters. The Morgan fingerprint density at radius 2 is 1.12 bits per heavy atom. The summed E-state index contributed by atoms with van der Waals surface area (Å²) >= 11 is 0. The van der Waals surface area contributed by atoms with Crippen molar-refractivity contribution in [2.24, 2.45) is 33.3 Å². The first kappa shape index (κ1) is 22.5. The third-order valence-electron chi connectivity index (χ3n) is 5.46. The van der Waals surface area contributed by atoms with Crippen LogP contribution in [-0.2, 0) is 0 Å². The second-order valence-electron chi connectivity index (χ2n) is 7.66. The van der Waals surface area contributed by atoms with Crippen LogP contribution < -0.4 is 11.5 Å². The number of nitrogens with two attached hydrogens (primary N) is 2. The summed E-state index contributed by atoms with van der Waals surface area (Å²) in [7, 11) is 0. The second-order valence-corrected chi connectivity index (χ2v) is 7.66. The predicted molar refractivity (Wildman–Crippen MR) is 121 cm³/mol. The summed E-state index contributed by atoms with van der Waals surface area (Å²) in [6.45, 7) is 1.05. The standard InChI is InChI=1S/C22H26N10/c23-15-31(21(25)29-19-5-9-27-10-6-19)13-17-1-2-18(4-3-17)14-32(16-24)22(26)30-20-7-11-28-12-8-20/h5-12,17-18H,1-4,13-14H2,(H2,25,27,29)(H2,26,28,30). The third-order valence-corrected chi connectivity index (χ3v) is 5.46. The molecule has 0 amide bonds.